The van der Waals surface area contributed by atoms with Crippen LogP contribution in [0.25, 0.3) is 16.5 Å². The van der Waals surface area contributed by atoms with E-state index in [-0.39, 0.29) is 18.5 Å². The maximum Gasteiger partial charge on any atom is 0.338 e. The molecule has 35 heavy (non-hydrogen) atoms. The molecule has 0 atom stereocenters. The largest absolute Gasteiger partial charge is 0.483 e. The van der Waals surface area contributed by atoms with Gasteiger partial charge < -0.3 is 14.0 Å². The highest BCUT2D eigenvalue weighted by molar-refractivity contribution is 5.90. The Hall–Kier alpha value is -4.39. The van der Waals surface area contributed by atoms with E-state index in [1.165, 1.54) is 0 Å². The van der Waals surface area contributed by atoms with E-state index >= 15 is 0 Å². The SMILES string of the molecule is CCOC(=O)c1ccc(-n2c(C)cc(C=NNC(=O)COc3cccc4ccccc34)c2C)cc1. The van der Waals surface area contributed by atoms with Crippen molar-refractivity contribution in [3.05, 3.63) is 95.3 Å². The summed E-state index contributed by atoms with van der Waals surface area (Å²) in [5.74, 6) is -0.0368. The summed E-state index contributed by atoms with van der Waals surface area (Å²) in [5.41, 5.74) is 6.77. The number of carbonyl (C=O) groups is 2. The minimum atomic E-state index is -0.349. The van der Waals surface area contributed by atoms with Crippen molar-refractivity contribution in [2.24, 2.45) is 5.10 Å². The number of hydrazone groups is 1. The van der Waals surface area contributed by atoms with Crippen LogP contribution in [0.1, 0.15) is 34.2 Å². The summed E-state index contributed by atoms with van der Waals surface area (Å²) in [5, 5.41) is 6.11. The molecule has 0 saturated carbocycles. The van der Waals surface area contributed by atoms with E-state index in [1.54, 1.807) is 25.3 Å². The standard InChI is InChI=1S/C28H27N3O4/c1-4-34-28(33)22-12-14-24(15-13-22)31-19(2)16-23(20(31)3)17-29-30-27(32)18-35-26-11-7-9-21-8-5-6-10-25(21)26/h5-17H,4,18H2,1-3H3,(H,30,32). The van der Waals surface area contributed by atoms with Crippen LogP contribution in [-0.4, -0.2) is 35.9 Å². The molecule has 0 aliphatic rings. The number of benzene rings is 3. The Bertz CT molecular complexity index is 1380. The van der Waals surface area contributed by atoms with Gasteiger partial charge in [-0.15, -0.1) is 0 Å². The third-order valence-corrected chi connectivity index (χ3v) is 5.61. The molecule has 0 aliphatic heterocycles. The lowest BCUT2D eigenvalue weighted by Crippen LogP contribution is -2.24. The Morgan fingerprint density at radius 3 is 2.51 bits per heavy atom. The van der Waals surface area contributed by atoms with E-state index in [1.807, 2.05) is 74.5 Å². The van der Waals surface area contributed by atoms with Crippen molar-refractivity contribution in [2.45, 2.75) is 20.8 Å². The van der Waals surface area contributed by atoms with Gasteiger partial charge in [-0.3, -0.25) is 4.79 Å². The lowest BCUT2D eigenvalue weighted by molar-refractivity contribution is -0.123. The van der Waals surface area contributed by atoms with Gasteiger partial charge in [0.05, 0.1) is 18.4 Å². The van der Waals surface area contributed by atoms with Crippen LogP contribution in [-0.2, 0) is 9.53 Å². The first kappa shape index (κ1) is 23.8. The van der Waals surface area contributed by atoms with Crippen LogP contribution >= 0.6 is 0 Å². The zero-order valence-corrected chi connectivity index (χ0v) is 19.9. The molecule has 0 bridgehead atoms. The van der Waals surface area contributed by atoms with Crippen molar-refractivity contribution >= 4 is 28.9 Å². The molecule has 1 aromatic heterocycles. The van der Waals surface area contributed by atoms with E-state index in [2.05, 4.69) is 15.1 Å². The molecule has 4 aromatic rings. The van der Waals surface area contributed by atoms with Crippen molar-refractivity contribution in [3.8, 4) is 11.4 Å². The highest BCUT2D eigenvalue weighted by Crippen LogP contribution is 2.25. The monoisotopic (exact) mass is 469 g/mol. The van der Waals surface area contributed by atoms with Gasteiger partial charge in [0.1, 0.15) is 5.75 Å². The number of carbonyl (C=O) groups excluding carboxylic acids is 2. The van der Waals surface area contributed by atoms with E-state index < -0.39 is 0 Å². The van der Waals surface area contributed by atoms with Gasteiger partial charge in [0.25, 0.3) is 5.91 Å². The molecule has 7 nitrogen and oxygen atoms in total. The predicted octanol–water partition coefficient (Wildman–Crippen LogP) is 4.95. The van der Waals surface area contributed by atoms with Crippen LogP contribution in [0.15, 0.2) is 77.9 Å². The Morgan fingerprint density at radius 2 is 1.74 bits per heavy atom. The number of fused-ring (bicyclic) bond motifs is 1. The number of nitrogens with zero attached hydrogens (tertiary/aromatic N) is 2. The van der Waals surface area contributed by atoms with Gasteiger partial charge in [-0.1, -0.05) is 36.4 Å². The van der Waals surface area contributed by atoms with Crippen molar-refractivity contribution in [3.63, 3.8) is 0 Å². The number of amides is 1. The summed E-state index contributed by atoms with van der Waals surface area (Å²) >= 11 is 0. The van der Waals surface area contributed by atoms with Crippen LogP contribution in [0.2, 0.25) is 0 Å². The van der Waals surface area contributed by atoms with Crippen molar-refractivity contribution < 1.29 is 19.1 Å². The summed E-state index contributed by atoms with van der Waals surface area (Å²) in [6, 6.07) is 22.8. The number of ether oxygens (including phenoxy) is 2. The molecule has 0 saturated heterocycles. The summed E-state index contributed by atoms with van der Waals surface area (Å²) in [4.78, 5) is 24.2. The van der Waals surface area contributed by atoms with Crippen molar-refractivity contribution in [1.82, 2.24) is 9.99 Å². The number of aryl methyl sites for hydroxylation is 1. The topological polar surface area (TPSA) is 81.9 Å². The first-order valence-corrected chi connectivity index (χ1v) is 11.4. The first-order valence-electron chi connectivity index (χ1n) is 11.4. The average molecular weight is 470 g/mol. The van der Waals surface area contributed by atoms with E-state index in [0.717, 1.165) is 33.4 Å². The van der Waals surface area contributed by atoms with E-state index in [4.69, 9.17) is 9.47 Å². The third kappa shape index (κ3) is 5.41. The molecule has 0 aliphatic carbocycles. The van der Waals surface area contributed by atoms with Gasteiger partial charge in [-0.25, -0.2) is 10.2 Å². The quantitative estimate of drug-likeness (QED) is 0.225. The second-order valence-corrected chi connectivity index (χ2v) is 7.99. The average Bonchev–Trinajstić information content (AvgIpc) is 3.15. The molecule has 4 rings (SSSR count). The Morgan fingerprint density at radius 1 is 1.00 bits per heavy atom. The summed E-state index contributed by atoms with van der Waals surface area (Å²) in [6.07, 6.45) is 1.61. The zero-order valence-electron chi connectivity index (χ0n) is 19.9. The predicted molar refractivity (Wildman–Crippen MR) is 136 cm³/mol. The Kier molecular flexibility index (Phi) is 7.26. The second kappa shape index (κ2) is 10.7. The zero-order chi connectivity index (χ0) is 24.8. The van der Waals surface area contributed by atoms with Crippen LogP contribution in [0.4, 0.5) is 0 Å². The van der Waals surface area contributed by atoms with Crippen LogP contribution in [0.3, 0.4) is 0 Å². The number of aromatic nitrogens is 1. The molecule has 0 radical (unpaired) electrons. The molecule has 1 heterocycles. The fourth-order valence-electron chi connectivity index (χ4n) is 3.95. The Labute approximate surface area is 204 Å². The summed E-state index contributed by atoms with van der Waals surface area (Å²) in [7, 11) is 0. The number of rotatable bonds is 8. The first-order chi connectivity index (χ1) is 17.0. The van der Waals surface area contributed by atoms with Crippen LogP contribution in [0, 0.1) is 13.8 Å². The number of esters is 1. The van der Waals surface area contributed by atoms with Crippen LogP contribution in [0.5, 0.6) is 5.75 Å². The van der Waals surface area contributed by atoms with Gasteiger partial charge in [0, 0.05) is 28.0 Å². The third-order valence-electron chi connectivity index (χ3n) is 5.61. The maximum absolute atomic E-state index is 12.3. The highest BCUT2D eigenvalue weighted by Gasteiger charge is 2.12. The lowest BCUT2D eigenvalue weighted by atomic mass is 10.1. The normalized spacial score (nSPS) is 11.1. The van der Waals surface area contributed by atoms with Gasteiger partial charge in [0.2, 0.25) is 0 Å². The molecule has 0 unspecified atom stereocenters. The smallest absolute Gasteiger partial charge is 0.338 e. The van der Waals surface area contributed by atoms with Gasteiger partial charge >= 0.3 is 5.97 Å². The van der Waals surface area contributed by atoms with Crippen molar-refractivity contribution in [1.29, 1.82) is 0 Å². The molecule has 7 heteroatoms. The molecular formula is C28H27N3O4. The fraction of sp³-hybridized carbons (Fsp3) is 0.179. The van der Waals surface area contributed by atoms with Crippen LogP contribution < -0.4 is 10.2 Å². The Balaban J connectivity index is 1.39. The molecule has 0 fully saturated rings. The summed E-state index contributed by atoms with van der Waals surface area (Å²) in [6.45, 7) is 5.93. The fourth-order valence-corrected chi connectivity index (χ4v) is 3.95. The number of nitrogens with one attached hydrogen (secondary N) is 1. The molecule has 0 spiro atoms. The van der Waals surface area contributed by atoms with Crippen molar-refractivity contribution in [2.75, 3.05) is 13.2 Å². The van der Waals surface area contributed by atoms with Gasteiger partial charge in [0.15, 0.2) is 6.61 Å². The minimum absolute atomic E-state index is 0.142. The van der Waals surface area contributed by atoms with Gasteiger partial charge in [-0.05, 0) is 62.6 Å². The van der Waals surface area contributed by atoms with Gasteiger partial charge in [-0.2, -0.15) is 5.10 Å². The number of hydrogen-bond donors (Lipinski definition) is 1. The molecular weight excluding hydrogens is 442 g/mol. The summed E-state index contributed by atoms with van der Waals surface area (Å²) < 4.78 is 12.8. The maximum atomic E-state index is 12.3. The second-order valence-electron chi connectivity index (χ2n) is 7.99. The molecule has 178 valence electrons. The molecule has 3 aromatic carbocycles. The number of hydrogen-bond acceptors (Lipinski definition) is 5. The molecule has 1 N–H and O–H groups in total. The minimum Gasteiger partial charge on any atom is -0.483 e. The lowest BCUT2D eigenvalue weighted by Gasteiger charge is -2.10. The van der Waals surface area contributed by atoms with E-state index in [9.17, 15) is 9.59 Å². The molecule has 1 amide bonds. The highest BCUT2D eigenvalue weighted by atomic mass is 16.5. The van der Waals surface area contributed by atoms with E-state index in [0.29, 0.717) is 17.9 Å².